The van der Waals surface area contributed by atoms with Gasteiger partial charge in [0.1, 0.15) is 5.75 Å². The predicted octanol–water partition coefficient (Wildman–Crippen LogP) is 6.14. The zero-order chi connectivity index (χ0) is 37.3. The third-order valence-corrected chi connectivity index (χ3v) is 13.3. The highest BCUT2D eigenvalue weighted by Crippen LogP contribution is 2.60. The molecule has 4 aromatic carbocycles. The third kappa shape index (κ3) is 6.67. The van der Waals surface area contributed by atoms with E-state index in [1.54, 1.807) is 21.6 Å². The molecule has 5 atom stereocenters. The van der Waals surface area contributed by atoms with E-state index in [0.717, 1.165) is 28.9 Å². The Kier molecular flexibility index (Phi) is 10.1. The van der Waals surface area contributed by atoms with Crippen LogP contribution in [0.4, 0.5) is 17.1 Å². The maximum absolute atomic E-state index is 15.0. The average Bonchev–Trinajstić information content (AvgIpc) is 3.82. The highest BCUT2D eigenvalue weighted by molar-refractivity contribution is 6.71. The van der Waals surface area contributed by atoms with E-state index in [9.17, 15) is 14.7 Å². The molecule has 53 heavy (non-hydrogen) atoms. The molecule has 1 spiro atoms. The lowest BCUT2D eigenvalue weighted by atomic mass is 9.82. The van der Waals surface area contributed by atoms with Gasteiger partial charge >= 0.3 is 0 Å². The Morgan fingerprint density at radius 2 is 1.72 bits per heavy atom. The molecule has 11 nitrogen and oxygen atoms in total. The molecule has 2 aliphatic heterocycles. The zero-order valence-corrected chi connectivity index (χ0v) is 31.4. The van der Waals surface area contributed by atoms with Crippen LogP contribution < -0.4 is 14.5 Å². The maximum Gasteiger partial charge on any atom is 0.264 e. The number of benzene rings is 4. The number of amides is 2. The van der Waals surface area contributed by atoms with E-state index >= 15 is 4.79 Å². The van der Waals surface area contributed by atoms with Crippen LogP contribution in [0.3, 0.4) is 0 Å². The first-order valence-corrected chi connectivity index (χ1v) is 21.0. The Bertz CT molecular complexity index is 2070. The zero-order valence-electron chi connectivity index (χ0n) is 30.4. The van der Waals surface area contributed by atoms with Crippen molar-refractivity contribution in [2.75, 3.05) is 23.5 Å². The van der Waals surface area contributed by atoms with Crippen molar-refractivity contribution in [3.05, 3.63) is 132 Å². The van der Waals surface area contributed by atoms with Crippen molar-refractivity contribution < 1.29 is 29.0 Å². The smallest absolute Gasteiger partial charge is 0.264 e. The summed E-state index contributed by atoms with van der Waals surface area (Å²) in [5, 5.41) is 19.0. The number of ether oxygens (including phenoxy) is 2. The number of methoxy groups -OCH3 is 1. The summed E-state index contributed by atoms with van der Waals surface area (Å²) < 4.78 is 14.4. The van der Waals surface area contributed by atoms with Gasteiger partial charge < -0.3 is 24.3 Å². The quantitative estimate of drug-likeness (QED) is 0.109. The topological polar surface area (TPSA) is 130 Å². The van der Waals surface area contributed by atoms with E-state index in [2.05, 4.69) is 10.3 Å². The Morgan fingerprint density at radius 1 is 1.00 bits per heavy atom. The van der Waals surface area contributed by atoms with Gasteiger partial charge in [-0.05, 0) is 73.1 Å². The summed E-state index contributed by atoms with van der Waals surface area (Å²) >= 11 is 0. The molecule has 5 aromatic rings. The molecule has 274 valence electrons. The van der Waals surface area contributed by atoms with Crippen LogP contribution in [0.5, 0.6) is 5.75 Å². The number of aromatic nitrogens is 3. The van der Waals surface area contributed by atoms with Gasteiger partial charge in [0.15, 0.2) is 13.9 Å². The molecule has 1 saturated heterocycles. The van der Waals surface area contributed by atoms with Crippen molar-refractivity contribution in [2.24, 2.45) is 5.92 Å². The van der Waals surface area contributed by atoms with Gasteiger partial charge in [-0.3, -0.25) is 19.2 Å². The van der Waals surface area contributed by atoms with Gasteiger partial charge in [0.05, 0.1) is 43.7 Å². The van der Waals surface area contributed by atoms with E-state index in [1.807, 2.05) is 129 Å². The number of hydrogen-bond acceptors (Lipinski definition) is 8. The summed E-state index contributed by atoms with van der Waals surface area (Å²) in [4.78, 5) is 42.4. The van der Waals surface area contributed by atoms with E-state index in [0.29, 0.717) is 35.7 Å². The summed E-state index contributed by atoms with van der Waals surface area (Å²) in [5.74, 6) is -0.258. The molecule has 0 aliphatic carbocycles. The summed E-state index contributed by atoms with van der Waals surface area (Å²) in [5.41, 5.74) is 3.67. The normalized spacial score (nSPS) is 21.5. The number of carbonyl (C=O) groups excluding carboxylic acids is 2. The van der Waals surface area contributed by atoms with Crippen molar-refractivity contribution in [3.8, 4) is 5.75 Å². The van der Waals surface area contributed by atoms with Crippen LogP contribution in [-0.2, 0) is 33.0 Å². The van der Waals surface area contributed by atoms with Crippen LogP contribution >= 0.6 is 0 Å². The lowest BCUT2D eigenvalue weighted by molar-refractivity contribution is -0.146. The minimum Gasteiger partial charge on any atom is -0.497 e. The van der Waals surface area contributed by atoms with Crippen molar-refractivity contribution in [3.63, 3.8) is 0 Å². The number of rotatable bonds is 13. The molecule has 12 heteroatoms. The van der Waals surface area contributed by atoms with Crippen molar-refractivity contribution in [1.82, 2.24) is 15.0 Å². The van der Waals surface area contributed by atoms with Gasteiger partial charge in [-0.25, -0.2) is 0 Å². The highest BCUT2D eigenvalue weighted by atomic mass is 28.4. The second kappa shape index (κ2) is 14.7. The minimum absolute atomic E-state index is 0.102. The first-order chi connectivity index (χ1) is 25.6. The number of nitrogens with zero attached hydrogens (tertiary/aromatic N) is 5. The summed E-state index contributed by atoms with van der Waals surface area (Å²) in [7, 11) is -1.32. The molecule has 7 rings (SSSR count). The van der Waals surface area contributed by atoms with Gasteiger partial charge in [-0.15, -0.1) is 5.10 Å². The first kappa shape index (κ1) is 36.2. The fourth-order valence-electron chi connectivity index (χ4n) is 8.35. The van der Waals surface area contributed by atoms with Gasteiger partial charge in [0.25, 0.3) is 5.91 Å². The second-order valence-electron chi connectivity index (χ2n) is 14.5. The molecule has 2 amide bonds. The molecule has 0 bridgehead atoms. The molecule has 2 aliphatic rings. The third-order valence-electron chi connectivity index (χ3n) is 10.8. The van der Waals surface area contributed by atoms with Crippen LogP contribution in [0, 0.1) is 5.92 Å². The molecule has 0 radical (unpaired) electrons. The van der Waals surface area contributed by atoms with Crippen molar-refractivity contribution in [1.29, 1.82) is 0 Å². The molecule has 3 heterocycles. The van der Waals surface area contributed by atoms with Gasteiger partial charge in [0, 0.05) is 41.1 Å². The van der Waals surface area contributed by atoms with Crippen LogP contribution in [0.1, 0.15) is 41.6 Å². The average molecular weight is 732 g/mol. The van der Waals surface area contributed by atoms with Crippen LogP contribution in [0.2, 0.25) is 18.6 Å². The first-order valence-electron chi connectivity index (χ1n) is 17.9. The SMILES string of the molecule is COc1ccc2c(c1)[C@@]1(O[C@H](CCn3cc(C(CO)c4ccccc4)nn3)[C@@H]([Si](C)(C)O)[C@@H]1C)C(=O)N2Cc1cccc(N(C=O)c2ccccc2)c1. The van der Waals surface area contributed by atoms with Crippen LogP contribution in [-0.4, -0.2) is 65.4 Å². The number of aliphatic hydroxyl groups is 1. The molecule has 1 fully saturated rings. The van der Waals surface area contributed by atoms with Gasteiger partial charge in [-0.1, -0.05) is 72.8 Å². The maximum atomic E-state index is 15.0. The summed E-state index contributed by atoms with van der Waals surface area (Å²) in [6.45, 7) is 6.42. The van der Waals surface area contributed by atoms with Gasteiger partial charge in [0.2, 0.25) is 6.41 Å². The van der Waals surface area contributed by atoms with Crippen molar-refractivity contribution in [2.45, 2.75) is 62.7 Å². The standard InChI is InChI=1S/C41H45N5O6Si/c1-28-39(53(3,4)50)38(20-21-44-25-36(42-43-44)34(26-47)30-13-7-5-8-14-30)52-41(28)35-23-33(51-2)18-19-37(35)45(40(41)49)24-29-12-11-17-32(22-29)46(27-48)31-15-9-6-10-16-31/h5-19,22-23,25,27-28,34,38-39,47,50H,20-21,24,26H2,1-4H3/t28-,34?,38+,39-,41+/m0/s1. The Balaban J connectivity index is 1.19. The number of anilines is 3. The predicted molar refractivity (Wildman–Crippen MR) is 204 cm³/mol. The monoisotopic (exact) mass is 731 g/mol. The van der Waals surface area contributed by atoms with E-state index < -0.39 is 20.0 Å². The molecule has 0 saturated carbocycles. The minimum atomic E-state index is -2.91. The molecule has 1 aromatic heterocycles. The van der Waals surface area contributed by atoms with Crippen LogP contribution in [0.15, 0.2) is 109 Å². The lowest BCUT2D eigenvalue weighted by Crippen LogP contribution is -2.46. The Labute approximate surface area is 310 Å². The number of hydrogen-bond donors (Lipinski definition) is 2. The molecular formula is C41H45N5O6Si. The van der Waals surface area contributed by atoms with E-state index in [1.165, 1.54) is 0 Å². The number of para-hydroxylation sites is 1. The molecule has 2 N–H and O–H groups in total. The van der Waals surface area contributed by atoms with Crippen molar-refractivity contribution >= 4 is 37.7 Å². The largest absolute Gasteiger partial charge is 0.497 e. The number of aliphatic hydroxyl groups excluding tert-OH is 1. The van der Waals surface area contributed by atoms with E-state index in [-0.39, 0.29) is 36.4 Å². The fourth-order valence-corrected chi connectivity index (χ4v) is 11.0. The van der Waals surface area contributed by atoms with Gasteiger partial charge in [-0.2, -0.15) is 0 Å². The molecular weight excluding hydrogens is 687 g/mol. The number of fused-ring (bicyclic) bond motifs is 2. The highest BCUT2D eigenvalue weighted by Gasteiger charge is 2.66. The summed E-state index contributed by atoms with van der Waals surface area (Å²) in [6, 6.07) is 32.4. The summed E-state index contributed by atoms with van der Waals surface area (Å²) in [6.07, 6.45) is 2.67. The molecule has 1 unspecified atom stereocenters. The van der Waals surface area contributed by atoms with Crippen LogP contribution in [0.25, 0.3) is 0 Å². The number of carbonyl (C=O) groups is 2. The number of aryl methyl sites for hydroxylation is 1. The Hall–Kier alpha value is -5.14. The fraction of sp³-hybridized carbons (Fsp3) is 0.317. The van der Waals surface area contributed by atoms with E-state index in [4.69, 9.17) is 9.47 Å². The lowest BCUT2D eigenvalue weighted by Gasteiger charge is -2.32. The Morgan fingerprint density at radius 3 is 2.40 bits per heavy atom. The second-order valence-corrected chi connectivity index (χ2v) is 18.4.